The fourth-order valence-corrected chi connectivity index (χ4v) is 3.14. The summed E-state index contributed by atoms with van der Waals surface area (Å²) in [7, 11) is 0. The first-order valence-electron chi connectivity index (χ1n) is 6.37. The fraction of sp³-hybridized carbons (Fsp3) is 0.923. The SMILES string of the molecule is CCC(=O)[C@@]1(O)C[C@@H](C)[C@@H]2OC(C)(C)OC[C@@H]21. The Labute approximate surface area is 102 Å². The summed E-state index contributed by atoms with van der Waals surface area (Å²) in [6.45, 7) is 7.95. The Bertz CT molecular complexity index is 325. The van der Waals surface area contributed by atoms with Crippen molar-refractivity contribution in [3.8, 4) is 0 Å². The summed E-state index contributed by atoms with van der Waals surface area (Å²) >= 11 is 0. The minimum atomic E-state index is -1.25. The molecule has 2 fully saturated rings. The van der Waals surface area contributed by atoms with E-state index >= 15 is 0 Å². The van der Waals surface area contributed by atoms with E-state index in [0.29, 0.717) is 19.4 Å². The molecule has 1 aliphatic carbocycles. The van der Waals surface area contributed by atoms with Gasteiger partial charge in [0.1, 0.15) is 5.60 Å². The number of Topliss-reactive ketones (excluding diaryl/α,β-unsaturated/α-hetero) is 1. The molecule has 4 heteroatoms. The monoisotopic (exact) mass is 242 g/mol. The predicted molar refractivity (Wildman–Crippen MR) is 62.4 cm³/mol. The molecule has 4 atom stereocenters. The van der Waals surface area contributed by atoms with E-state index in [9.17, 15) is 9.90 Å². The first-order chi connectivity index (χ1) is 7.80. The number of hydrogen-bond acceptors (Lipinski definition) is 4. The quantitative estimate of drug-likeness (QED) is 0.797. The average molecular weight is 242 g/mol. The van der Waals surface area contributed by atoms with E-state index < -0.39 is 11.4 Å². The predicted octanol–water partition coefficient (Wildman–Crippen LogP) is 1.50. The molecule has 0 aromatic heterocycles. The maximum atomic E-state index is 11.9. The number of carbonyl (C=O) groups excluding carboxylic acids is 1. The van der Waals surface area contributed by atoms with E-state index in [1.54, 1.807) is 6.92 Å². The van der Waals surface area contributed by atoms with Crippen LogP contribution < -0.4 is 0 Å². The molecule has 0 aromatic carbocycles. The van der Waals surface area contributed by atoms with Crippen molar-refractivity contribution in [2.45, 2.75) is 58.0 Å². The molecular formula is C13H22O4. The number of carbonyl (C=O) groups is 1. The first kappa shape index (κ1) is 13.0. The highest BCUT2D eigenvalue weighted by Gasteiger charge is 2.58. The number of aliphatic hydroxyl groups is 1. The Kier molecular flexibility index (Phi) is 3.09. The van der Waals surface area contributed by atoms with Crippen LogP contribution in [0, 0.1) is 11.8 Å². The van der Waals surface area contributed by atoms with Gasteiger partial charge in [0.25, 0.3) is 0 Å². The summed E-state index contributed by atoms with van der Waals surface area (Å²) in [5, 5.41) is 10.6. The maximum absolute atomic E-state index is 11.9. The third kappa shape index (κ3) is 2.02. The summed E-state index contributed by atoms with van der Waals surface area (Å²) in [6, 6.07) is 0. The molecule has 0 bridgehead atoms. The van der Waals surface area contributed by atoms with Crippen LogP contribution >= 0.6 is 0 Å². The van der Waals surface area contributed by atoms with Crippen molar-refractivity contribution in [1.82, 2.24) is 0 Å². The van der Waals surface area contributed by atoms with Crippen LogP contribution in [0.15, 0.2) is 0 Å². The summed E-state index contributed by atoms with van der Waals surface area (Å²) in [6.07, 6.45) is 0.754. The zero-order valence-corrected chi connectivity index (χ0v) is 11.0. The largest absolute Gasteiger partial charge is 0.382 e. The van der Waals surface area contributed by atoms with E-state index in [1.165, 1.54) is 0 Å². The van der Waals surface area contributed by atoms with E-state index in [1.807, 2.05) is 20.8 Å². The molecular weight excluding hydrogens is 220 g/mol. The lowest BCUT2D eigenvalue weighted by Gasteiger charge is -2.42. The number of fused-ring (bicyclic) bond motifs is 1. The van der Waals surface area contributed by atoms with Gasteiger partial charge in [-0.05, 0) is 26.2 Å². The highest BCUT2D eigenvalue weighted by Crippen LogP contribution is 2.47. The molecule has 1 aliphatic heterocycles. The Morgan fingerprint density at radius 3 is 2.71 bits per heavy atom. The van der Waals surface area contributed by atoms with Crippen molar-refractivity contribution in [1.29, 1.82) is 0 Å². The number of hydrogen-bond donors (Lipinski definition) is 1. The molecule has 0 unspecified atom stereocenters. The number of ketones is 1. The molecule has 1 saturated carbocycles. The summed E-state index contributed by atoms with van der Waals surface area (Å²) in [4.78, 5) is 11.9. The minimum Gasteiger partial charge on any atom is -0.382 e. The van der Waals surface area contributed by atoms with Gasteiger partial charge in [-0.25, -0.2) is 0 Å². The van der Waals surface area contributed by atoms with E-state index in [-0.39, 0.29) is 23.7 Å². The molecule has 2 rings (SSSR count). The molecule has 0 aromatic rings. The van der Waals surface area contributed by atoms with Gasteiger partial charge < -0.3 is 14.6 Å². The van der Waals surface area contributed by atoms with Gasteiger partial charge in [-0.2, -0.15) is 0 Å². The van der Waals surface area contributed by atoms with Crippen LogP contribution in [0.1, 0.15) is 40.5 Å². The van der Waals surface area contributed by atoms with Crippen molar-refractivity contribution in [3.05, 3.63) is 0 Å². The lowest BCUT2D eigenvalue weighted by atomic mass is 9.84. The molecule has 17 heavy (non-hydrogen) atoms. The summed E-state index contributed by atoms with van der Waals surface area (Å²) < 4.78 is 11.4. The second kappa shape index (κ2) is 4.04. The van der Waals surface area contributed by atoms with E-state index in [2.05, 4.69) is 0 Å². The van der Waals surface area contributed by atoms with Gasteiger partial charge in [0.15, 0.2) is 11.6 Å². The van der Waals surface area contributed by atoms with E-state index in [4.69, 9.17) is 9.47 Å². The van der Waals surface area contributed by atoms with Crippen LogP contribution in [0.5, 0.6) is 0 Å². The molecule has 0 spiro atoms. The van der Waals surface area contributed by atoms with Crippen LogP contribution in [0.25, 0.3) is 0 Å². The second-order valence-corrected chi connectivity index (χ2v) is 5.78. The third-order valence-electron chi connectivity index (χ3n) is 4.04. The van der Waals surface area contributed by atoms with Gasteiger partial charge in [-0.15, -0.1) is 0 Å². The third-order valence-corrected chi connectivity index (χ3v) is 4.04. The molecule has 98 valence electrons. The molecule has 4 nitrogen and oxygen atoms in total. The molecule has 2 aliphatic rings. The normalized spacial score (nSPS) is 44.4. The smallest absolute Gasteiger partial charge is 0.164 e. The molecule has 0 radical (unpaired) electrons. The fourth-order valence-electron chi connectivity index (χ4n) is 3.14. The number of rotatable bonds is 2. The molecule has 1 saturated heterocycles. The van der Waals surface area contributed by atoms with Crippen LogP contribution in [0.2, 0.25) is 0 Å². The highest BCUT2D eigenvalue weighted by atomic mass is 16.7. The zero-order valence-electron chi connectivity index (χ0n) is 11.0. The topological polar surface area (TPSA) is 55.8 Å². The lowest BCUT2D eigenvalue weighted by Crippen LogP contribution is -2.53. The van der Waals surface area contributed by atoms with Gasteiger partial charge in [0, 0.05) is 12.3 Å². The van der Waals surface area contributed by atoms with Gasteiger partial charge in [0.05, 0.1) is 12.7 Å². The lowest BCUT2D eigenvalue weighted by molar-refractivity contribution is -0.302. The van der Waals surface area contributed by atoms with Crippen LogP contribution in [0.4, 0.5) is 0 Å². The molecule has 1 N–H and O–H groups in total. The summed E-state index contributed by atoms with van der Waals surface area (Å²) in [5.74, 6) is -0.749. The van der Waals surface area contributed by atoms with Gasteiger partial charge in [-0.3, -0.25) is 4.79 Å². The van der Waals surface area contributed by atoms with Crippen LogP contribution in [-0.4, -0.2) is 35.0 Å². The maximum Gasteiger partial charge on any atom is 0.164 e. The molecule has 0 amide bonds. The molecule has 1 heterocycles. The Hall–Kier alpha value is -0.450. The van der Waals surface area contributed by atoms with Gasteiger partial charge >= 0.3 is 0 Å². The van der Waals surface area contributed by atoms with Crippen LogP contribution in [-0.2, 0) is 14.3 Å². The standard InChI is InChI=1S/C13H22O4/c1-5-10(14)13(15)6-8(2)11-9(13)7-16-12(3,4)17-11/h8-9,11,15H,5-7H2,1-4H3/t8-,9+,11+,13-/m1/s1. The second-order valence-electron chi connectivity index (χ2n) is 5.78. The average Bonchev–Trinajstić information content (AvgIpc) is 2.49. The van der Waals surface area contributed by atoms with E-state index in [0.717, 1.165) is 0 Å². The zero-order chi connectivity index (χ0) is 12.8. The Morgan fingerprint density at radius 1 is 1.47 bits per heavy atom. The Morgan fingerprint density at radius 2 is 2.12 bits per heavy atom. The van der Waals surface area contributed by atoms with Crippen molar-refractivity contribution in [2.75, 3.05) is 6.61 Å². The van der Waals surface area contributed by atoms with Crippen molar-refractivity contribution < 1.29 is 19.4 Å². The van der Waals surface area contributed by atoms with Crippen molar-refractivity contribution in [2.24, 2.45) is 11.8 Å². The van der Waals surface area contributed by atoms with Crippen LogP contribution in [0.3, 0.4) is 0 Å². The minimum absolute atomic E-state index is 0.0840. The first-order valence-corrected chi connectivity index (χ1v) is 6.37. The highest BCUT2D eigenvalue weighted by molar-refractivity contribution is 5.87. The summed E-state index contributed by atoms with van der Waals surface area (Å²) in [5.41, 5.74) is -1.25. The Balaban J connectivity index is 2.24. The van der Waals surface area contributed by atoms with Crippen molar-refractivity contribution >= 4 is 5.78 Å². The van der Waals surface area contributed by atoms with Gasteiger partial charge in [0.2, 0.25) is 0 Å². The van der Waals surface area contributed by atoms with Gasteiger partial charge in [-0.1, -0.05) is 13.8 Å². The van der Waals surface area contributed by atoms with Crippen molar-refractivity contribution in [3.63, 3.8) is 0 Å². The number of ether oxygens (including phenoxy) is 2.